The van der Waals surface area contributed by atoms with Gasteiger partial charge in [0.05, 0.1) is 12.7 Å². The Labute approximate surface area is 157 Å². The van der Waals surface area contributed by atoms with E-state index in [2.05, 4.69) is 0 Å². The molecule has 138 valence electrons. The van der Waals surface area contributed by atoms with E-state index in [1.807, 2.05) is 12.1 Å². The Morgan fingerprint density at radius 2 is 1.89 bits per heavy atom. The minimum Gasteiger partial charge on any atom is -0.465 e. The van der Waals surface area contributed by atoms with Gasteiger partial charge in [-0.05, 0) is 24.6 Å². The van der Waals surface area contributed by atoms with Crippen LogP contribution >= 0.6 is 0 Å². The lowest BCUT2D eigenvalue weighted by molar-refractivity contribution is -0.146. The first-order chi connectivity index (χ1) is 13.1. The predicted octanol–water partition coefficient (Wildman–Crippen LogP) is 3.47. The number of esters is 1. The number of carbonyl (C=O) groups excluding carboxylic acids is 2. The van der Waals surface area contributed by atoms with Crippen molar-refractivity contribution in [2.24, 2.45) is 5.92 Å². The molecule has 0 N–H and O–H groups in total. The largest absolute Gasteiger partial charge is 0.465 e. The van der Waals surface area contributed by atoms with Crippen LogP contribution in [0.5, 0.6) is 11.5 Å². The molecule has 2 aromatic rings. The first kappa shape index (κ1) is 18.5. The van der Waals surface area contributed by atoms with E-state index in [1.165, 1.54) is 0 Å². The summed E-state index contributed by atoms with van der Waals surface area (Å²) in [6.07, 6.45) is 0.000693. The fraction of sp³-hybridized carbons (Fsp3) is 0.286. The van der Waals surface area contributed by atoms with Gasteiger partial charge in [-0.2, -0.15) is 5.26 Å². The van der Waals surface area contributed by atoms with Crippen molar-refractivity contribution in [3.05, 3.63) is 59.7 Å². The van der Waals surface area contributed by atoms with Gasteiger partial charge < -0.3 is 14.2 Å². The smallest absolute Gasteiger partial charge is 0.323 e. The number of benzene rings is 2. The van der Waals surface area contributed by atoms with Crippen LogP contribution in [0.25, 0.3) is 0 Å². The predicted molar refractivity (Wildman–Crippen MR) is 96.4 cm³/mol. The van der Waals surface area contributed by atoms with Crippen LogP contribution in [0.4, 0.5) is 0 Å². The van der Waals surface area contributed by atoms with Crippen LogP contribution in [0.1, 0.15) is 35.2 Å². The fourth-order valence-corrected chi connectivity index (χ4v) is 3.05. The van der Waals surface area contributed by atoms with Crippen LogP contribution in [0, 0.1) is 17.2 Å². The molecule has 2 unspecified atom stereocenters. The summed E-state index contributed by atoms with van der Waals surface area (Å²) >= 11 is 0. The van der Waals surface area contributed by atoms with Crippen molar-refractivity contribution in [2.75, 3.05) is 13.4 Å². The second-order valence-electron chi connectivity index (χ2n) is 6.07. The van der Waals surface area contributed by atoms with Crippen LogP contribution in [0.15, 0.2) is 48.5 Å². The van der Waals surface area contributed by atoms with Gasteiger partial charge in [0.2, 0.25) is 6.79 Å². The maximum absolute atomic E-state index is 12.7. The molecule has 0 spiro atoms. The highest BCUT2D eigenvalue weighted by Gasteiger charge is 2.34. The molecule has 1 aliphatic heterocycles. The number of carbonyl (C=O) groups is 2. The van der Waals surface area contributed by atoms with E-state index < -0.39 is 17.8 Å². The van der Waals surface area contributed by atoms with Crippen molar-refractivity contribution in [2.45, 2.75) is 19.3 Å². The Morgan fingerprint density at radius 3 is 2.59 bits per heavy atom. The Morgan fingerprint density at radius 1 is 1.15 bits per heavy atom. The molecule has 0 radical (unpaired) electrons. The number of ether oxygens (including phenoxy) is 3. The van der Waals surface area contributed by atoms with Gasteiger partial charge in [-0.3, -0.25) is 9.59 Å². The van der Waals surface area contributed by atoms with E-state index in [0.29, 0.717) is 22.6 Å². The average Bonchev–Trinajstić information content (AvgIpc) is 3.16. The minimum atomic E-state index is -1.10. The van der Waals surface area contributed by atoms with E-state index in [-0.39, 0.29) is 25.6 Å². The normalized spacial score (nSPS) is 14.1. The van der Waals surface area contributed by atoms with Gasteiger partial charge in [-0.15, -0.1) is 0 Å². The zero-order valence-electron chi connectivity index (χ0n) is 14.9. The lowest BCUT2D eigenvalue weighted by Gasteiger charge is -2.21. The second kappa shape index (κ2) is 8.37. The van der Waals surface area contributed by atoms with Crippen LogP contribution in [-0.2, 0) is 9.53 Å². The summed E-state index contributed by atoms with van der Waals surface area (Å²) in [7, 11) is 0. The number of ketones is 1. The zero-order valence-corrected chi connectivity index (χ0v) is 14.9. The van der Waals surface area contributed by atoms with Gasteiger partial charge in [0.1, 0.15) is 0 Å². The van der Waals surface area contributed by atoms with Gasteiger partial charge in [0.15, 0.2) is 23.2 Å². The number of hydrogen-bond acceptors (Lipinski definition) is 6. The van der Waals surface area contributed by atoms with E-state index in [1.54, 1.807) is 49.4 Å². The molecule has 0 saturated heterocycles. The molecule has 6 nitrogen and oxygen atoms in total. The van der Waals surface area contributed by atoms with Gasteiger partial charge >= 0.3 is 5.97 Å². The molecule has 1 heterocycles. The highest BCUT2D eigenvalue weighted by molar-refractivity contribution is 5.97. The highest BCUT2D eigenvalue weighted by atomic mass is 16.7. The summed E-state index contributed by atoms with van der Waals surface area (Å²) in [6, 6.07) is 16.0. The third kappa shape index (κ3) is 4.09. The molecule has 0 amide bonds. The molecule has 3 rings (SSSR count). The van der Waals surface area contributed by atoms with E-state index >= 15 is 0 Å². The Kier molecular flexibility index (Phi) is 5.72. The van der Waals surface area contributed by atoms with Crippen molar-refractivity contribution < 1.29 is 23.8 Å². The lowest BCUT2D eigenvalue weighted by atomic mass is 9.82. The average molecular weight is 365 g/mol. The van der Waals surface area contributed by atoms with Crippen molar-refractivity contribution in [1.82, 2.24) is 0 Å². The SMILES string of the molecule is CCOC(=O)C(C#N)C(CC(=O)c1ccccc1)c1ccc2c(c1)OCO2. The quantitative estimate of drug-likeness (QED) is 0.552. The van der Waals surface area contributed by atoms with E-state index in [9.17, 15) is 14.9 Å². The monoisotopic (exact) mass is 365 g/mol. The summed E-state index contributed by atoms with van der Waals surface area (Å²) in [5.74, 6) is -1.41. The summed E-state index contributed by atoms with van der Waals surface area (Å²) in [5, 5.41) is 9.61. The van der Waals surface area contributed by atoms with Gasteiger partial charge in [-0.25, -0.2) is 0 Å². The van der Waals surface area contributed by atoms with Crippen LogP contribution < -0.4 is 9.47 Å². The van der Waals surface area contributed by atoms with E-state index in [0.717, 1.165) is 0 Å². The van der Waals surface area contributed by atoms with Gasteiger partial charge in [0, 0.05) is 17.9 Å². The molecular weight excluding hydrogens is 346 g/mol. The summed E-state index contributed by atoms with van der Waals surface area (Å²) in [6.45, 7) is 1.96. The third-order valence-electron chi connectivity index (χ3n) is 4.41. The first-order valence-corrected chi connectivity index (χ1v) is 8.68. The second-order valence-corrected chi connectivity index (χ2v) is 6.07. The van der Waals surface area contributed by atoms with E-state index in [4.69, 9.17) is 14.2 Å². The van der Waals surface area contributed by atoms with Crippen molar-refractivity contribution in [1.29, 1.82) is 5.26 Å². The lowest BCUT2D eigenvalue weighted by Crippen LogP contribution is -2.25. The Bertz CT molecular complexity index is 872. The van der Waals surface area contributed by atoms with Gasteiger partial charge in [0.25, 0.3) is 0 Å². The van der Waals surface area contributed by atoms with Gasteiger partial charge in [-0.1, -0.05) is 36.4 Å². The number of nitrogens with zero attached hydrogens (tertiary/aromatic N) is 1. The molecule has 2 atom stereocenters. The Balaban J connectivity index is 1.94. The molecule has 1 aliphatic rings. The van der Waals surface area contributed by atoms with Crippen molar-refractivity contribution in [3.8, 4) is 17.6 Å². The van der Waals surface area contributed by atoms with Crippen molar-refractivity contribution >= 4 is 11.8 Å². The van der Waals surface area contributed by atoms with Crippen LogP contribution in [0.3, 0.4) is 0 Å². The molecule has 6 heteroatoms. The van der Waals surface area contributed by atoms with Crippen LogP contribution in [-0.4, -0.2) is 25.2 Å². The van der Waals surface area contributed by atoms with Crippen LogP contribution in [0.2, 0.25) is 0 Å². The molecule has 0 fully saturated rings. The maximum Gasteiger partial charge on any atom is 0.323 e. The van der Waals surface area contributed by atoms with Crippen molar-refractivity contribution in [3.63, 3.8) is 0 Å². The number of hydrogen-bond donors (Lipinski definition) is 0. The number of Topliss-reactive ketones (excluding diaryl/α,β-unsaturated/α-hetero) is 1. The number of rotatable bonds is 7. The minimum absolute atomic E-state index is 0.000693. The highest BCUT2D eigenvalue weighted by Crippen LogP contribution is 2.38. The molecule has 0 aromatic heterocycles. The molecule has 0 saturated carbocycles. The molecule has 0 bridgehead atoms. The number of fused-ring (bicyclic) bond motifs is 1. The standard InChI is InChI=1S/C21H19NO5/c1-2-25-21(24)17(12-22)16(11-18(23)14-6-4-3-5-7-14)15-8-9-19-20(10-15)27-13-26-19/h3-10,16-17H,2,11,13H2,1H3. The molecule has 2 aromatic carbocycles. The number of nitriles is 1. The topological polar surface area (TPSA) is 85.6 Å². The maximum atomic E-state index is 12.7. The summed E-state index contributed by atoms with van der Waals surface area (Å²) in [5.41, 5.74) is 1.19. The summed E-state index contributed by atoms with van der Waals surface area (Å²) in [4.78, 5) is 25.1. The molecular formula is C21H19NO5. The summed E-state index contributed by atoms with van der Waals surface area (Å²) < 4.78 is 15.8. The fourth-order valence-electron chi connectivity index (χ4n) is 3.05. The first-order valence-electron chi connectivity index (χ1n) is 8.68. The molecule has 27 heavy (non-hydrogen) atoms. The molecule has 0 aliphatic carbocycles. The Hall–Kier alpha value is -3.33. The third-order valence-corrected chi connectivity index (χ3v) is 4.41. The zero-order chi connectivity index (χ0) is 19.2.